The lowest BCUT2D eigenvalue weighted by molar-refractivity contribution is 0.292. The van der Waals surface area contributed by atoms with Crippen LogP contribution in [0.4, 0.5) is 4.39 Å². The van der Waals surface area contributed by atoms with Crippen LogP contribution >= 0.6 is 0 Å². The van der Waals surface area contributed by atoms with Gasteiger partial charge in [0.05, 0.1) is 12.5 Å². The van der Waals surface area contributed by atoms with Crippen molar-refractivity contribution in [2.24, 2.45) is 0 Å². The molecule has 4 aromatic rings. The molecule has 5 heteroatoms. The number of hydrogen-bond acceptors (Lipinski definition) is 4. The minimum atomic E-state index is -0.389. The van der Waals surface area contributed by atoms with Crippen molar-refractivity contribution in [2.75, 3.05) is 7.11 Å². The van der Waals surface area contributed by atoms with Gasteiger partial charge in [-0.15, -0.1) is 0 Å². The maximum absolute atomic E-state index is 14.1. The van der Waals surface area contributed by atoms with Crippen LogP contribution in [0.25, 0.3) is 22.3 Å². The molecule has 0 atom stereocenters. The Balaban J connectivity index is 1.89. The van der Waals surface area contributed by atoms with Crippen molar-refractivity contribution in [3.05, 3.63) is 93.4 Å². The van der Waals surface area contributed by atoms with Crippen LogP contribution < -0.4 is 14.9 Å². The molecule has 0 N–H and O–H groups in total. The zero-order valence-electron chi connectivity index (χ0n) is 17.0. The Morgan fingerprint density at radius 3 is 2.43 bits per heavy atom. The number of ether oxygens (including phenoxy) is 2. The first-order valence-electron chi connectivity index (χ1n) is 9.56. The second kappa shape index (κ2) is 8.03. The molecule has 3 aromatic carbocycles. The molecule has 1 heterocycles. The van der Waals surface area contributed by atoms with Gasteiger partial charge in [0.1, 0.15) is 23.8 Å². The Morgan fingerprint density at radius 2 is 1.73 bits per heavy atom. The average Bonchev–Trinajstić information content (AvgIpc) is 2.74. The van der Waals surface area contributed by atoms with Crippen LogP contribution in [0, 0.1) is 19.7 Å². The van der Waals surface area contributed by atoms with Crippen molar-refractivity contribution in [1.29, 1.82) is 0 Å². The van der Waals surface area contributed by atoms with E-state index in [2.05, 4.69) is 0 Å². The summed E-state index contributed by atoms with van der Waals surface area (Å²) in [4.78, 5) is 13.4. The first-order chi connectivity index (χ1) is 14.5. The average molecular weight is 404 g/mol. The molecule has 4 rings (SSSR count). The summed E-state index contributed by atoms with van der Waals surface area (Å²) in [6, 6.07) is 17.2. The maximum Gasteiger partial charge on any atom is 0.235 e. The molecule has 4 nitrogen and oxygen atoms in total. The number of aryl methyl sites for hydroxylation is 2. The highest BCUT2D eigenvalue weighted by atomic mass is 19.1. The van der Waals surface area contributed by atoms with Gasteiger partial charge in [0.25, 0.3) is 0 Å². The summed E-state index contributed by atoms with van der Waals surface area (Å²) >= 11 is 0. The topological polar surface area (TPSA) is 48.7 Å². The van der Waals surface area contributed by atoms with Crippen LogP contribution in [0.3, 0.4) is 0 Å². The Bertz CT molecular complexity index is 1270. The molecule has 0 aliphatic heterocycles. The fourth-order valence-electron chi connectivity index (χ4n) is 3.46. The van der Waals surface area contributed by atoms with Gasteiger partial charge in [0, 0.05) is 11.1 Å². The standard InChI is InChI=1S/C25H21FO4/c1-15-12-16(2)23-20(13-15)22(27)25(29-14-18-6-4-5-7-21(18)26)24(30-23)17-8-10-19(28-3)11-9-17/h4-13H,14H2,1-3H3. The second-order valence-electron chi connectivity index (χ2n) is 7.16. The molecule has 0 aliphatic rings. The zero-order chi connectivity index (χ0) is 21.3. The zero-order valence-corrected chi connectivity index (χ0v) is 17.0. The van der Waals surface area contributed by atoms with Crippen molar-refractivity contribution < 1.29 is 18.3 Å². The molecule has 0 saturated carbocycles. The molecular weight excluding hydrogens is 383 g/mol. The lowest BCUT2D eigenvalue weighted by atomic mass is 10.1. The highest BCUT2D eigenvalue weighted by Crippen LogP contribution is 2.33. The van der Waals surface area contributed by atoms with E-state index < -0.39 is 0 Å². The van der Waals surface area contributed by atoms with Crippen molar-refractivity contribution in [1.82, 2.24) is 0 Å². The fourth-order valence-corrected chi connectivity index (χ4v) is 3.46. The van der Waals surface area contributed by atoms with E-state index in [-0.39, 0.29) is 23.6 Å². The number of fused-ring (bicyclic) bond motifs is 1. The van der Waals surface area contributed by atoms with E-state index in [1.165, 1.54) is 6.07 Å². The van der Waals surface area contributed by atoms with E-state index in [4.69, 9.17) is 13.9 Å². The summed E-state index contributed by atoms with van der Waals surface area (Å²) in [6.45, 7) is 3.73. The summed E-state index contributed by atoms with van der Waals surface area (Å²) in [5.74, 6) is 0.655. The van der Waals surface area contributed by atoms with Gasteiger partial charge in [-0.2, -0.15) is 0 Å². The van der Waals surface area contributed by atoms with Crippen LogP contribution in [0.5, 0.6) is 11.5 Å². The van der Waals surface area contributed by atoms with Gasteiger partial charge < -0.3 is 13.9 Å². The first kappa shape index (κ1) is 19.7. The molecule has 152 valence electrons. The number of benzene rings is 3. The van der Waals surface area contributed by atoms with Gasteiger partial charge in [-0.3, -0.25) is 4.79 Å². The first-order valence-corrected chi connectivity index (χ1v) is 9.56. The molecule has 0 saturated heterocycles. The van der Waals surface area contributed by atoms with Gasteiger partial charge in [0.2, 0.25) is 11.2 Å². The Kier molecular flexibility index (Phi) is 5.27. The third-order valence-corrected chi connectivity index (χ3v) is 4.96. The number of rotatable bonds is 5. The van der Waals surface area contributed by atoms with Crippen molar-refractivity contribution in [2.45, 2.75) is 20.5 Å². The quantitative estimate of drug-likeness (QED) is 0.422. The van der Waals surface area contributed by atoms with Crippen LogP contribution in [0.2, 0.25) is 0 Å². The van der Waals surface area contributed by atoms with E-state index in [1.54, 1.807) is 55.6 Å². The van der Waals surface area contributed by atoms with Crippen LogP contribution in [0.1, 0.15) is 16.7 Å². The molecule has 0 unspecified atom stereocenters. The smallest absolute Gasteiger partial charge is 0.235 e. The number of hydrogen-bond donors (Lipinski definition) is 0. The highest BCUT2D eigenvalue weighted by molar-refractivity contribution is 5.85. The molecule has 0 radical (unpaired) electrons. The summed E-state index contributed by atoms with van der Waals surface area (Å²) in [7, 11) is 1.58. The van der Waals surface area contributed by atoms with Gasteiger partial charge in [-0.1, -0.05) is 24.3 Å². The second-order valence-corrected chi connectivity index (χ2v) is 7.16. The van der Waals surface area contributed by atoms with E-state index in [0.717, 1.165) is 11.1 Å². The monoisotopic (exact) mass is 404 g/mol. The van der Waals surface area contributed by atoms with Crippen LogP contribution in [0.15, 0.2) is 69.9 Å². The number of halogens is 1. The predicted octanol–water partition coefficient (Wildman–Crippen LogP) is 5.80. The summed E-state index contributed by atoms with van der Waals surface area (Å²) in [5, 5.41) is 0.438. The molecule has 1 aromatic heterocycles. The minimum absolute atomic E-state index is 0.0564. The third kappa shape index (κ3) is 3.66. The lowest BCUT2D eigenvalue weighted by Crippen LogP contribution is -2.11. The molecule has 0 aliphatic carbocycles. The summed E-state index contributed by atoms with van der Waals surface area (Å²) in [6.07, 6.45) is 0. The van der Waals surface area contributed by atoms with E-state index >= 15 is 0 Å². The molecule has 0 amide bonds. The van der Waals surface area contributed by atoms with Gasteiger partial charge in [-0.05, 0) is 61.4 Å². The van der Waals surface area contributed by atoms with Crippen molar-refractivity contribution in [3.63, 3.8) is 0 Å². The minimum Gasteiger partial charge on any atom is -0.497 e. The SMILES string of the molecule is COc1ccc(-c2oc3c(C)cc(C)cc3c(=O)c2OCc2ccccc2F)cc1. The van der Waals surface area contributed by atoms with Gasteiger partial charge in [-0.25, -0.2) is 4.39 Å². The van der Waals surface area contributed by atoms with Gasteiger partial charge >= 0.3 is 0 Å². The summed E-state index contributed by atoms with van der Waals surface area (Å²) in [5.41, 5.74) is 3.05. The normalized spacial score (nSPS) is 10.9. The predicted molar refractivity (Wildman–Crippen MR) is 115 cm³/mol. The van der Waals surface area contributed by atoms with Crippen LogP contribution in [-0.2, 0) is 6.61 Å². The Morgan fingerprint density at radius 1 is 1.00 bits per heavy atom. The Hall–Kier alpha value is -3.60. The maximum atomic E-state index is 14.1. The van der Waals surface area contributed by atoms with Crippen LogP contribution in [-0.4, -0.2) is 7.11 Å². The van der Waals surface area contributed by atoms with E-state index in [0.29, 0.717) is 33.6 Å². The largest absolute Gasteiger partial charge is 0.497 e. The lowest BCUT2D eigenvalue weighted by Gasteiger charge is -2.14. The number of methoxy groups -OCH3 is 1. The molecule has 0 spiro atoms. The fraction of sp³-hybridized carbons (Fsp3) is 0.160. The summed E-state index contributed by atoms with van der Waals surface area (Å²) < 4.78 is 31.3. The van der Waals surface area contributed by atoms with Crippen molar-refractivity contribution in [3.8, 4) is 22.8 Å². The highest BCUT2D eigenvalue weighted by Gasteiger charge is 2.20. The molecule has 0 bridgehead atoms. The molecule has 0 fully saturated rings. The Labute approximate surface area is 173 Å². The van der Waals surface area contributed by atoms with Crippen molar-refractivity contribution >= 4 is 11.0 Å². The molecular formula is C25H21FO4. The molecule has 30 heavy (non-hydrogen) atoms. The third-order valence-electron chi connectivity index (χ3n) is 4.96. The van der Waals surface area contributed by atoms with E-state index in [9.17, 15) is 9.18 Å². The van der Waals surface area contributed by atoms with E-state index in [1.807, 2.05) is 19.9 Å². The van der Waals surface area contributed by atoms with Gasteiger partial charge in [0.15, 0.2) is 5.76 Å².